The Morgan fingerprint density at radius 1 is 0.885 bits per heavy atom. The predicted octanol–water partition coefficient (Wildman–Crippen LogP) is 3.42. The molecule has 4 fully saturated rings. The van der Waals surface area contributed by atoms with Gasteiger partial charge in [-0.2, -0.15) is 0 Å². The molecular formula is C21H24O5. The lowest BCUT2D eigenvalue weighted by atomic mass is 9.48. The molecule has 26 heavy (non-hydrogen) atoms. The van der Waals surface area contributed by atoms with E-state index in [0.29, 0.717) is 28.9 Å². The summed E-state index contributed by atoms with van der Waals surface area (Å²) in [5.41, 5.74) is 0.452. The van der Waals surface area contributed by atoms with Crippen molar-refractivity contribution in [2.45, 2.75) is 38.5 Å². The molecule has 5 heteroatoms. The van der Waals surface area contributed by atoms with Gasteiger partial charge in [0.2, 0.25) is 0 Å². The number of carbonyl (C=O) groups is 3. The van der Waals surface area contributed by atoms with Crippen LogP contribution in [0, 0.1) is 23.2 Å². The highest BCUT2D eigenvalue weighted by Gasteiger charge is 2.54. The fourth-order valence-electron chi connectivity index (χ4n) is 5.68. The monoisotopic (exact) mass is 356 g/mol. The molecule has 1 aromatic carbocycles. The maximum Gasteiger partial charge on any atom is 0.338 e. The molecule has 1 aromatic rings. The summed E-state index contributed by atoms with van der Waals surface area (Å²) in [7, 11) is 1.31. The van der Waals surface area contributed by atoms with Gasteiger partial charge in [-0.15, -0.1) is 0 Å². The van der Waals surface area contributed by atoms with Crippen LogP contribution in [0.25, 0.3) is 0 Å². The quantitative estimate of drug-likeness (QED) is 0.756. The molecule has 0 heterocycles. The number of benzene rings is 1. The van der Waals surface area contributed by atoms with E-state index in [2.05, 4.69) is 4.74 Å². The SMILES string of the molecule is COC(=O)c1ccc(C(=O)OCC(=O)C23CC4CC(CC(C4)C2)C3)cc1. The molecular weight excluding hydrogens is 332 g/mol. The molecule has 4 saturated carbocycles. The van der Waals surface area contributed by atoms with Crippen molar-refractivity contribution in [3.05, 3.63) is 35.4 Å². The molecule has 0 aromatic heterocycles. The smallest absolute Gasteiger partial charge is 0.338 e. The molecule has 0 unspecified atom stereocenters. The molecule has 0 atom stereocenters. The first kappa shape index (κ1) is 17.3. The Kier molecular flexibility index (Phi) is 4.33. The van der Waals surface area contributed by atoms with Crippen LogP contribution < -0.4 is 0 Å². The van der Waals surface area contributed by atoms with Crippen LogP contribution in [0.2, 0.25) is 0 Å². The number of ether oxygens (including phenoxy) is 2. The van der Waals surface area contributed by atoms with Crippen LogP contribution in [-0.4, -0.2) is 31.4 Å². The van der Waals surface area contributed by atoms with E-state index in [1.165, 1.54) is 50.6 Å². The van der Waals surface area contributed by atoms with Crippen molar-refractivity contribution in [2.75, 3.05) is 13.7 Å². The summed E-state index contributed by atoms with van der Waals surface area (Å²) in [4.78, 5) is 36.5. The van der Waals surface area contributed by atoms with Crippen molar-refractivity contribution < 1.29 is 23.9 Å². The molecule has 0 spiro atoms. The van der Waals surface area contributed by atoms with Gasteiger partial charge < -0.3 is 9.47 Å². The van der Waals surface area contributed by atoms with Crippen LogP contribution >= 0.6 is 0 Å². The van der Waals surface area contributed by atoms with Gasteiger partial charge in [0.15, 0.2) is 12.4 Å². The minimum Gasteiger partial charge on any atom is -0.465 e. The van der Waals surface area contributed by atoms with Crippen LogP contribution in [0.4, 0.5) is 0 Å². The fraction of sp³-hybridized carbons (Fsp3) is 0.571. The molecule has 0 aliphatic heterocycles. The number of esters is 2. The second-order valence-corrected chi connectivity index (χ2v) is 8.27. The molecule has 5 rings (SSSR count). The minimum absolute atomic E-state index is 0.0936. The number of hydrogen-bond acceptors (Lipinski definition) is 5. The van der Waals surface area contributed by atoms with Gasteiger partial charge in [-0.1, -0.05) is 0 Å². The maximum absolute atomic E-state index is 12.9. The van der Waals surface area contributed by atoms with E-state index < -0.39 is 11.9 Å². The minimum atomic E-state index is -0.528. The van der Waals surface area contributed by atoms with Gasteiger partial charge in [-0.05, 0) is 80.5 Å². The molecule has 138 valence electrons. The average molecular weight is 356 g/mol. The fourth-order valence-corrected chi connectivity index (χ4v) is 5.68. The van der Waals surface area contributed by atoms with Crippen molar-refractivity contribution in [1.82, 2.24) is 0 Å². The van der Waals surface area contributed by atoms with Crippen LogP contribution in [0.5, 0.6) is 0 Å². The molecule has 4 aliphatic rings. The zero-order chi connectivity index (χ0) is 18.3. The van der Waals surface area contributed by atoms with Crippen LogP contribution in [0.15, 0.2) is 24.3 Å². The third-order valence-corrected chi connectivity index (χ3v) is 6.51. The van der Waals surface area contributed by atoms with Crippen LogP contribution in [0.3, 0.4) is 0 Å². The highest BCUT2D eigenvalue weighted by molar-refractivity contribution is 5.95. The van der Waals surface area contributed by atoms with Gasteiger partial charge in [-0.25, -0.2) is 9.59 Å². The lowest BCUT2D eigenvalue weighted by Crippen LogP contribution is -2.51. The van der Waals surface area contributed by atoms with E-state index in [4.69, 9.17) is 4.74 Å². The van der Waals surface area contributed by atoms with Gasteiger partial charge in [0.05, 0.1) is 18.2 Å². The lowest BCUT2D eigenvalue weighted by molar-refractivity contribution is -0.147. The molecule has 4 bridgehead atoms. The summed E-state index contributed by atoms with van der Waals surface area (Å²) in [5.74, 6) is 1.17. The summed E-state index contributed by atoms with van der Waals surface area (Å²) >= 11 is 0. The number of methoxy groups -OCH3 is 1. The molecule has 0 amide bonds. The topological polar surface area (TPSA) is 69.7 Å². The highest BCUT2D eigenvalue weighted by atomic mass is 16.5. The van der Waals surface area contributed by atoms with Gasteiger partial charge in [0.1, 0.15) is 0 Å². The summed E-state index contributed by atoms with van der Waals surface area (Å²) < 4.78 is 9.93. The Morgan fingerprint density at radius 3 is 1.81 bits per heavy atom. The Labute approximate surface area is 153 Å². The summed E-state index contributed by atoms with van der Waals surface area (Å²) in [5, 5.41) is 0. The van der Waals surface area contributed by atoms with Crippen molar-refractivity contribution in [1.29, 1.82) is 0 Å². The van der Waals surface area contributed by atoms with E-state index >= 15 is 0 Å². The number of rotatable bonds is 5. The largest absolute Gasteiger partial charge is 0.465 e. The first-order valence-corrected chi connectivity index (χ1v) is 9.38. The van der Waals surface area contributed by atoms with Crippen molar-refractivity contribution in [3.63, 3.8) is 0 Å². The van der Waals surface area contributed by atoms with E-state index in [0.717, 1.165) is 19.3 Å². The molecule has 0 radical (unpaired) electrons. The third kappa shape index (κ3) is 3.04. The Hall–Kier alpha value is -2.17. The molecule has 5 nitrogen and oxygen atoms in total. The van der Waals surface area contributed by atoms with E-state index in [1.807, 2.05) is 0 Å². The number of ketones is 1. The Balaban J connectivity index is 1.37. The van der Waals surface area contributed by atoms with Crippen LogP contribution in [0.1, 0.15) is 59.2 Å². The average Bonchev–Trinajstić information content (AvgIpc) is 2.64. The van der Waals surface area contributed by atoms with Crippen LogP contribution in [-0.2, 0) is 14.3 Å². The summed E-state index contributed by atoms with van der Waals surface area (Å²) in [6, 6.07) is 6.07. The second kappa shape index (κ2) is 6.53. The third-order valence-electron chi connectivity index (χ3n) is 6.51. The normalized spacial score (nSPS) is 31.5. The molecule has 0 N–H and O–H groups in total. The van der Waals surface area contributed by atoms with E-state index in [9.17, 15) is 14.4 Å². The number of Topliss-reactive ketones (excluding diaryl/α,β-unsaturated/α-hetero) is 1. The van der Waals surface area contributed by atoms with Gasteiger partial charge in [-0.3, -0.25) is 4.79 Å². The maximum atomic E-state index is 12.9. The first-order valence-electron chi connectivity index (χ1n) is 9.38. The molecule has 4 aliphatic carbocycles. The number of hydrogen-bond donors (Lipinski definition) is 0. The van der Waals surface area contributed by atoms with Crippen molar-refractivity contribution in [3.8, 4) is 0 Å². The zero-order valence-corrected chi connectivity index (χ0v) is 15.0. The van der Waals surface area contributed by atoms with E-state index in [-0.39, 0.29) is 17.8 Å². The lowest BCUT2D eigenvalue weighted by Gasteiger charge is -2.55. The molecule has 0 saturated heterocycles. The highest BCUT2D eigenvalue weighted by Crippen LogP contribution is 2.60. The Bertz CT molecular complexity index is 698. The van der Waals surface area contributed by atoms with Gasteiger partial charge in [0.25, 0.3) is 0 Å². The van der Waals surface area contributed by atoms with Gasteiger partial charge >= 0.3 is 11.9 Å². The van der Waals surface area contributed by atoms with Gasteiger partial charge in [0, 0.05) is 5.41 Å². The van der Waals surface area contributed by atoms with Crippen molar-refractivity contribution in [2.24, 2.45) is 23.2 Å². The second-order valence-electron chi connectivity index (χ2n) is 8.27. The standard InChI is InChI=1S/C21H24O5/c1-25-19(23)16-2-4-17(5-3-16)20(24)26-12-18(22)21-9-13-6-14(10-21)8-15(7-13)11-21/h2-5,13-15H,6-12H2,1H3. The van der Waals surface area contributed by atoms with Crippen molar-refractivity contribution >= 4 is 17.7 Å². The summed E-state index contributed by atoms with van der Waals surface area (Å²) in [6.07, 6.45) is 6.76. The zero-order valence-electron chi connectivity index (χ0n) is 15.0. The van der Waals surface area contributed by atoms with E-state index in [1.54, 1.807) is 0 Å². The summed E-state index contributed by atoms with van der Waals surface area (Å²) in [6.45, 7) is -0.149. The predicted molar refractivity (Wildman–Crippen MR) is 93.7 cm³/mol. The Morgan fingerprint density at radius 2 is 1.35 bits per heavy atom. The number of carbonyl (C=O) groups excluding carboxylic acids is 3. The first-order chi connectivity index (χ1) is 12.5.